The van der Waals surface area contributed by atoms with E-state index in [1.807, 2.05) is 11.3 Å². The van der Waals surface area contributed by atoms with E-state index in [1.54, 1.807) is 0 Å². The van der Waals surface area contributed by atoms with Crippen molar-refractivity contribution in [3.8, 4) is 0 Å². The Morgan fingerprint density at radius 2 is 2.47 bits per heavy atom. The van der Waals surface area contributed by atoms with Crippen LogP contribution >= 0.6 is 23.7 Å². The number of thiophene rings is 1. The van der Waals surface area contributed by atoms with E-state index < -0.39 is 0 Å². The van der Waals surface area contributed by atoms with Gasteiger partial charge in [-0.25, -0.2) is 0 Å². The maximum absolute atomic E-state index is 5.91. The van der Waals surface area contributed by atoms with E-state index in [0.717, 1.165) is 6.54 Å². The van der Waals surface area contributed by atoms with Crippen LogP contribution in [-0.2, 0) is 6.54 Å². The van der Waals surface area contributed by atoms with Gasteiger partial charge in [0, 0.05) is 24.0 Å². The van der Waals surface area contributed by atoms with Crippen molar-refractivity contribution in [3.05, 3.63) is 22.4 Å². The van der Waals surface area contributed by atoms with Crippen molar-refractivity contribution in [1.29, 1.82) is 0 Å². The van der Waals surface area contributed by atoms with Gasteiger partial charge in [0.1, 0.15) is 0 Å². The molecule has 0 spiro atoms. The summed E-state index contributed by atoms with van der Waals surface area (Å²) in [5.74, 6) is 0.704. The lowest BCUT2D eigenvalue weighted by atomic mass is 10.0. The molecular formula is C11H19ClN2S. The highest BCUT2D eigenvalue weighted by Crippen LogP contribution is 2.21. The molecule has 2 atom stereocenters. The summed E-state index contributed by atoms with van der Waals surface area (Å²) in [5, 5.41) is 2.15. The second kappa shape index (κ2) is 5.85. The van der Waals surface area contributed by atoms with Crippen LogP contribution in [0, 0.1) is 5.92 Å². The zero-order valence-electron chi connectivity index (χ0n) is 9.06. The number of nitrogens with zero attached hydrogens (tertiary/aromatic N) is 1. The molecule has 2 rings (SSSR count). The van der Waals surface area contributed by atoms with Crippen molar-refractivity contribution in [1.82, 2.24) is 4.90 Å². The Kier molecular flexibility index (Phi) is 5.06. The Morgan fingerprint density at radius 3 is 3.00 bits per heavy atom. The molecule has 2 nitrogen and oxygen atoms in total. The molecule has 2 N–H and O–H groups in total. The molecule has 0 aromatic carbocycles. The van der Waals surface area contributed by atoms with Crippen LogP contribution in [0.4, 0.5) is 0 Å². The van der Waals surface area contributed by atoms with Crippen molar-refractivity contribution in [2.75, 3.05) is 13.1 Å². The van der Waals surface area contributed by atoms with Gasteiger partial charge in [-0.2, -0.15) is 0 Å². The second-order valence-electron chi connectivity index (χ2n) is 4.22. The number of rotatable bonds is 3. The fourth-order valence-corrected chi connectivity index (χ4v) is 2.80. The Bertz CT molecular complexity index is 274. The number of halogens is 1. The zero-order valence-corrected chi connectivity index (χ0v) is 10.7. The van der Waals surface area contributed by atoms with Gasteiger partial charge in [-0.05, 0) is 37.3 Å². The van der Waals surface area contributed by atoms with E-state index in [0.29, 0.717) is 12.0 Å². The molecule has 1 aromatic rings. The summed E-state index contributed by atoms with van der Waals surface area (Å²) in [5.41, 5.74) is 5.91. The average molecular weight is 247 g/mol. The van der Waals surface area contributed by atoms with Gasteiger partial charge in [-0.3, -0.25) is 4.90 Å². The third-order valence-electron chi connectivity index (χ3n) is 3.01. The third kappa shape index (κ3) is 3.45. The lowest BCUT2D eigenvalue weighted by Crippen LogP contribution is -2.29. The average Bonchev–Trinajstić information content (AvgIpc) is 2.75. The fraction of sp³-hybridized carbons (Fsp3) is 0.636. The van der Waals surface area contributed by atoms with Crippen LogP contribution in [0.1, 0.15) is 18.2 Å². The first-order valence-corrected chi connectivity index (χ1v) is 6.14. The van der Waals surface area contributed by atoms with E-state index in [9.17, 15) is 0 Å². The first kappa shape index (κ1) is 13.0. The van der Waals surface area contributed by atoms with Crippen LogP contribution < -0.4 is 5.73 Å². The number of hydrogen-bond acceptors (Lipinski definition) is 3. The van der Waals surface area contributed by atoms with Crippen LogP contribution in [0.15, 0.2) is 17.5 Å². The SMILES string of the molecule is CC(N)C1CCN(Cc2cccs2)C1.Cl. The summed E-state index contributed by atoms with van der Waals surface area (Å²) < 4.78 is 0. The van der Waals surface area contributed by atoms with E-state index in [1.165, 1.54) is 24.4 Å². The monoisotopic (exact) mass is 246 g/mol. The molecule has 0 amide bonds. The number of nitrogens with two attached hydrogens (primary N) is 1. The van der Waals surface area contributed by atoms with Gasteiger partial charge in [0.05, 0.1) is 0 Å². The minimum Gasteiger partial charge on any atom is -0.328 e. The summed E-state index contributed by atoms with van der Waals surface area (Å²) in [7, 11) is 0. The lowest BCUT2D eigenvalue weighted by molar-refractivity contribution is 0.311. The van der Waals surface area contributed by atoms with E-state index in [2.05, 4.69) is 29.3 Å². The molecule has 0 saturated carbocycles. The molecule has 2 unspecified atom stereocenters. The maximum atomic E-state index is 5.91. The lowest BCUT2D eigenvalue weighted by Gasteiger charge is -2.16. The Balaban J connectivity index is 0.00000112. The van der Waals surface area contributed by atoms with Crippen molar-refractivity contribution < 1.29 is 0 Å². The summed E-state index contributed by atoms with van der Waals surface area (Å²) in [6, 6.07) is 4.69. The normalized spacial score (nSPS) is 23.7. The maximum Gasteiger partial charge on any atom is 0.0328 e. The third-order valence-corrected chi connectivity index (χ3v) is 3.87. The highest BCUT2D eigenvalue weighted by Gasteiger charge is 2.24. The zero-order chi connectivity index (χ0) is 9.97. The molecule has 1 aromatic heterocycles. The summed E-state index contributed by atoms with van der Waals surface area (Å²) in [4.78, 5) is 3.98. The number of hydrogen-bond donors (Lipinski definition) is 1. The molecule has 1 aliphatic heterocycles. The minimum atomic E-state index is 0. The van der Waals surface area contributed by atoms with Crippen LogP contribution in [-0.4, -0.2) is 24.0 Å². The molecule has 1 aliphatic rings. The fourth-order valence-electron chi connectivity index (χ4n) is 2.06. The summed E-state index contributed by atoms with van der Waals surface area (Å²) >= 11 is 1.85. The number of likely N-dealkylation sites (tertiary alicyclic amines) is 1. The van der Waals surface area contributed by atoms with Gasteiger partial charge in [-0.1, -0.05) is 6.07 Å². The molecule has 15 heavy (non-hydrogen) atoms. The van der Waals surface area contributed by atoms with Gasteiger partial charge in [0.2, 0.25) is 0 Å². The van der Waals surface area contributed by atoms with Gasteiger partial charge in [0.15, 0.2) is 0 Å². The van der Waals surface area contributed by atoms with E-state index >= 15 is 0 Å². The topological polar surface area (TPSA) is 29.3 Å². The highest BCUT2D eigenvalue weighted by molar-refractivity contribution is 7.09. The standard InChI is InChI=1S/C11H18N2S.ClH/c1-9(12)10-4-5-13(7-10)8-11-3-2-6-14-11;/h2-3,6,9-10H,4-5,7-8,12H2,1H3;1H. The van der Waals surface area contributed by atoms with Crippen molar-refractivity contribution in [3.63, 3.8) is 0 Å². The van der Waals surface area contributed by atoms with Crippen molar-refractivity contribution in [2.24, 2.45) is 11.7 Å². The van der Waals surface area contributed by atoms with Crippen LogP contribution in [0.3, 0.4) is 0 Å². The largest absolute Gasteiger partial charge is 0.328 e. The molecule has 0 radical (unpaired) electrons. The van der Waals surface area contributed by atoms with Gasteiger partial charge in [0.25, 0.3) is 0 Å². The molecule has 1 fully saturated rings. The molecular weight excluding hydrogens is 228 g/mol. The van der Waals surface area contributed by atoms with Crippen LogP contribution in [0.5, 0.6) is 0 Å². The smallest absolute Gasteiger partial charge is 0.0328 e. The first-order valence-electron chi connectivity index (χ1n) is 5.26. The van der Waals surface area contributed by atoms with Crippen LogP contribution in [0.2, 0.25) is 0 Å². The predicted octanol–water partition coefficient (Wildman–Crippen LogP) is 2.34. The Morgan fingerprint density at radius 1 is 1.67 bits per heavy atom. The highest BCUT2D eigenvalue weighted by atomic mass is 35.5. The van der Waals surface area contributed by atoms with Gasteiger partial charge < -0.3 is 5.73 Å². The summed E-state index contributed by atoms with van der Waals surface area (Å²) in [6.07, 6.45) is 1.27. The van der Waals surface area contributed by atoms with Gasteiger partial charge >= 0.3 is 0 Å². The molecule has 0 aliphatic carbocycles. The Hall–Kier alpha value is -0.0900. The van der Waals surface area contributed by atoms with E-state index in [4.69, 9.17) is 5.73 Å². The molecule has 4 heteroatoms. The molecule has 1 saturated heterocycles. The first-order chi connectivity index (χ1) is 6.75. The van der Waals surface area contributed by atoms with E-state index in [-0.39, 0.29) is 12.4 Å². The Labute approximate surface area is 102 Å². The molecule has 86 valence electrons. The van der Waals surface area contributed by atoms with Crippen molar-refractivity contribution in [2.45, 2.75) is 25.9 Å². The minimum absolute atomic E-state index is 0. The predicted molar refractivity (Wildman–Crippen MR) is 68.6 cm³/mol. The molecule has 2 heterocycles. The quantitative estimate of drug-likeness (QED) is 0.887. The molecule has 0 bridgehead atoms. The van der Waals surface area contributed by atoms with Gasteiger partial charge in [-0.15, -0.1) is 23.7 Å². The second-order valence-corrected chi connectivity index (χ2v) is 5.25. The van der Waals surface area contributed by atoms with Crippen LogP contribution in [0.25, 0.3) is 0 Å². The summed E-state index contributed by atoms with van der Waals surface area (Å²) in [6.45, 7) is 5.62. The van der Waals surface area contributed by atoms with Crippen molar-refractivity contribution >= 4 is 23.7 Å².